The average molecular weight is 632 g/mol. The van der Waals surface area contributed by atoms with Crippen molar-refractivity contribution in [1.82, 2.24) is 5.32 Å². The van der Waals surface area contributed by atoms with E-state index in [0.717, 1.165) is 32.1 Å². The maximum atomic E-state index is 12.3. The number of nitrogens with one attached hydrogen (secondary N) is 1. The van der Waals surface area contributed by atoms with E-state index in [9.17, 15) is 15.0 Å². The molecule has 0 spiro atoms. The van der Waals surface area contributed by atoms with Crippen LogP contribution in [0.4, 0.5) is 0 Å². The van der Waals surface area contributed by atoms with Crippen molar-refractivity contribution in [1.29, 1.82) is 0 Å². The van der Waals surface area contributed by atoms with Gasteiger partial charge in [-0.25, -0.2) is 0 Å². The Morgan fingerprint density at radius 2 is 0.911 bits per heavy atom. The molecular formula is C41H77NO3. The summed E-state index contributed by atoms with van der Waals surface area (Å²) in [5.74, 6) is -0.0691. The number of aliphatic hydroxyl groups is 2. The third kappa shape index (κ3) is 33.8. The van der Waals surface area contributed by atoms with Crippen molar-refractivity contribution in [3.8, 4) is 0 Å². The molecule has 0 aliphatic carbocycles. The largest absolute Gasteiger partial charge is 0.394 e. The lowest BCUT2D eigenvalue weighted by molar-refractivity contribution is -0.123. The molecule has 45 heavy (non-hydrogen) atoms. The van der Waals surface area contributed by atoms with Crippen molar-refractivity contribution in [2.45, 2.75) is 212 Å². The van der Waals surface area contributed by atoms with Gasteiger partial charge in [0.15, 0.2) is 0 Å². The zero-order valence-electron chi connectivity index (χ0n) is 30.1. The standard InChI is InChI=1S/C41H77NO3/c1-3-5-7-9-11-13-15-16-17-18-19-20-21-22-23-24-25-26-27-29-31-33-35-37-41(45)42-39(38-43)40(44)36-34-32-30-28-14-12-10-8-6-4-2/h15-16,18-19,34,36,39-40,43-44H,3-14,17,20-33,35,37-38H2,1-2H3,(H,42,45)/b16-15-,19-18-,36-34+. The van der Waals surface area contributed by atoms with E-state index in [4.69, 9.17) is 0 Å². The van der Waals surface area contributed by atoms with Crippen LogP contribution >= 0.6 is 0 Å². The van der Waals surface area contributed by atoms with E-state index >= 15 is 0 Å². The molecule has 2 unspecified atom stereocenters. The quantitative estimate of drug-likeness (QED) is 0.0481. The monoisotopic (exact) mass is 632 g/mol. The smallest absolute Gasteiger partial charge is 0.220 e. The minimum atomic E-state index is -0.836. The van der Waals surface area contributed by atoms with E-state index in [-0.39, 0.29) is 12.5 Å². The number of aliphatic hydroxyl groups excluding tert-OH is 2. The van der Waals surface area contributed by atoms with Gasteiger partial charge >= 0.3 is 0 Å². The fraction of sp³-hybridized carbons (Fsp3) is 0.829. The highest BCUT2D eigenvalue weighted by Gasteiger charge is 2.17. The van der Waals surface area contributed by atoms with Crippen molar-refractivity contribution in [2.24, 2.45) is 0 Å². The number of carbonyl (C=O) groups is 1. The molecule has 0 saturated carbocycles. The van der Waals surface area contributed by atoms with Gasteiger partial charge in [0.25, 0.3) is 0 Å². The zero-order chi connectivity index (χ0) is 32.9. The third-order valence-corrected chi connectivity index (χ3v) is 8.87. The Balaban J connectivity index is 3.55. The molecule has 264 valence electrons. The Hall–Kier alpha value is -1.39. The van der Waals surface area contributed by atoms with E-state index in [0.29, 0.717) is 6.42 Å². The first-order valence-electron chi connectivity index (χ1n) is 19.7. The van der Waals surface area contributed by atoms with Crippen LogP contribution < -0.4 is 5.32 Å². The summed E-state index contributed by atoms with van der Waals surface area (Å²) in [5.41, 5.74) is 0. The highest BCUT2D eigenvalue weighted by molar-refractivity contribution is 5.76. The van der Waals surface area contributed by atoms with Gasteiger partial charge in [0.1, 0.15) is 0 Å². The second kappa shape index (κ2) is 37.1. The van der Waals surface area contributed by atoms with Gasteiger partial charge in [-0.15, -0.1) is 0 Å². The number of unbranched alkanes of at least 4 members (excludes halogenated alkanes) is 24. The molecule has 0 saturated heterocycles. The van der Waals surface area contributed by atoms with Crippen LogP contribution in [0.25, 0.3) is 0 Å². The summed E-state index contributed by atoms with van der Waals surface area (Å²) in [6.07, 6.45) is 48.1. The summed E-state index contributed by atoms with van der Waals surface area (Å²) in [6, 6.07) is -0.620. The molecule has 0 rings (SSSR count). The van der Waals surface area contributed by atoms with Gasteiger partial charge in [-0.2, -0.15) is 0 Å². The van der Waals surface area contributed by atoms with Gasteiger partial charge in [-0.1, -0.05) is 179 Å². The first-order valence-corrected chi connectivity index (χ1v) is 19.7. The van der Waals surface area contributed by atoms with Crippen LogP contribution in [-0.4, -0.2) is 34.9 Å². The van der Waals surface area contributed by atoms with E-state index in [1.807, 2.05) is 6.08 Å². The second-order valence-corrected chi connectivity index (χ2v) is 13.3. The van der Waals surface area contributed by atoms with Crippen molar-refractivity contribution in [3.05, 3.63) is 36.5 Å². The van der Waals surface area contributed by atoms with Crippen LogP contribution in [0.3, 0.4) is 0 Å². The highest BCUT2D eigenvalue weighted by Crippen LogP contribution is 2.14. The fourth-order valence-corrected chi connectivity index (χ4v) is 5.80. The van der Waals surface area contributed by atoms with Crippen molar-refractivity contribution in [2.75, 3.05) is 6.61 Å². The Labute approximate surface area is 281 Å². The molecule has 2 atom stereocenters. The van der Waals surface area contributed by atoms with E-state index in [1.54, 1.807) is 6.08 Å². The SMILES string of the molecule is CCCCCCC/C=C\C/C=C\CCCCCCCCCCCCCC(=O)NC(CO)C(O)/C=C/CCCCCCCCCC. The molecular weight excluding hydrogens is 554 g/mol. The average Bonchev–Trinajstić information content (AvgIpc) is 3.04. The Morgan fingerprint density at radius 1 is 0.533 bits per heavy atom. The Bertz CT molecular complexity index is 686. The molecule has 0 fully saturated rings. The summed E-state index contributed by atoms with van der Waals surface area (Å²) >= 11 is 0. The molecule has 0 aromatic carbocycles. The maximum Gasteiger partial charge on any atom is 0.220 e. The second-order valence-electron chi connectivity index (χ2n) is 13.3. The first-order chi connectivity index (χ1) is 22.2. The third-order valence-electron chi connectivity index (χ3n) is 8.87. The molecule has 0 aromatic heterocycles. The predicted molar refractivity (Wildman–Crippen MR) is 198 cm³/mol. The molecule has 0 bridgehead atoms. The number of carbonyl (C=O) groups excluding carboxylic acids is 1. The molecule has 0 radical (unpaired) electrons. The van der Waals surface area contributed by atoms with Gasteiger partial charge in [0.05, 0.1) is 18.8 Å². The number of rotatable bonds is 35. The van der Waals surface area contributed by atoms with Crippen LogP contribution in [0.1, 0.15) is 200 Å². The minimum Gasteiger partial charge on any atom is -0.394 e. The molecule has 3 N–H and O–H groups in total. The minimum absolute atomic E-state index is 0.0691. The van der Waals surface area contributed by atoms with Crippen molar-refractivity contribution < 1.29 is 15.0 Å². The summed E-state index contributed by atoms with van der Waals surface area (Å²) in [7, 11) is 0. The molecule has 0 heterocycles. The maximum absolute atomic E-state index is 12.3. The molecule has 0 aliphatic heterocycles. The van der Waals surface area contributed by atoms with Gasteiger partial charge < -0.3 is 15.5 Å². The lowest BCUT2D eigenvalue weighted by Crippen LogP contribution is -2.45. The Kier molecular flexibility index (Phi) is 35.9. The predicted octanol–water partition coefficient (Wildman–Crippen LogP) is 11.8. The van der Waals surface area contributed by atoms with Gasteiger partial charge in [0.2, 0.25) is 5.91 Å². The fourth-order valence-electron chi connectivity index (χ4n) is 5.80. The first kappa shape index (κ1) is 43.6. The molecule has 4 nitrogen and oxygen atoms in total. The molecule has 0 aromatic rings. The van der Waals surface area contributed by atoms with Crippen LogP contribution in [0.15, 0.2) is 36.5 Å². The van der Waals surface area contributed by atoms with E-state index in [1.165, 1.54) is 148 Å². The van der Waals surface area contributed by atoms with E-state index < -0.39 is 12.1 Å². The van der Waals surface area contributed by atoms with Crippen molar-refractivity contribution >= 4 is 5.91 Å². The lowest BCUT2D eigenvalue weighted by Gasteiger charge is -2.20. The summed E-state index contributed by atoms with van der Waals surface area (Å²) < 4.78 is 0. The number of allylic oxidation sites excluding steroid dienone is 5. The van der Waals surface area contributed by atoms with E-state index in [2.05, 4.69) is 43.5 Å². The van der Waals surface area contributed by atoms with Gasteiger partial charge in [-0.3, -0.25) is 4.79 Å². The molecule has 0 aliphatic rings. The lowest BCUT2D eigenvalue weighted by atomic mass is 10.0. The zero-order valence-corrected chi connectivity index (χ0v) is 30.1. The van der Waals surface area contributed by atoms with Crippen molar-refractivity contribution in [3.63, 3.8) is 0 Å². The molecule has 1 amide bonds. The number of hydrogen-bond acceptors (Lipinski definition) is 3. The summed E-state index contributed by atoms with van der Waals surface area (Å²) in [5, 5.41) is 22.8. The van der Waals surface area contributed by atoms with Gasteiger partial charge in [0, 0.05) is 6.42 Å². The Morgan fingerprint density at radius 3 is 1.33 bits per heavy atom. The van der Waals surface area contributed by atoms with Crippen LogP contribution in [0.2, 0.25) is 0 Å². The number of amides is 1. The van der Waals surface area contributed by atoms with Crippen LogP contribution in [0, 0.1) is 0 Å². The topological polar surface area (TPSA) is 69.6 Å². The normalized spacial score (nSPS) is 13.4. The number of hydrogen-bond donors (Lipinski definition) is 3. The highest BCUT2D eigenvalue weighted by atomic mass is 16.3. The summed E-state index contributed by atoms with van der Waals surface area (Å²) in [6.45, 7) is 4.27. The van der Waals surface area contributed by atoms with Crippen LogP contribution in [-0.2, 0) is 4.79 Å². The molecule has 4 heteroatoms. The van der Waals surface area contributed by atoms with Gasteiger partial charge in [-0.05, 0) is 51.4 Å². The van der Waals surface area contributed by atoms with Crippen LogP contribution in [0.5, 0.6) is 0 Å². The summed E-state index contributed by atoms with van der Waals surface area (Å²) in [4.78, 5) is 12.3.